The van der Waals surface area contributed by atoms with E-state index in [0.717, 1.165) is 30.8 Å². The summed E-state index contributed by atoms with van der Waals surface area (Å²) in [6.07, 6.45) is 2.94. The summed E-state index contributed by atoms with van der Waals surface area (Å²) in [6, 6.07) is 17.8. The fourth-order valence-electron chi connectivity index (χ4n) is 4.23. The van der Waals surface area contributed by atoms with Gasteiger partial charge in [-0.1, -0.05) is 42.1 Å². The van der Waals surface area contributed by atoms with Crippen LogP contribution in [0, 0.1) is 0 Å². The number of likely N-dealkylation sites (tertiary alicyclic amines) is 1. The van der Waals surface area contributed by atoms with Crippen LogP contribution >= 0.6 is 11.8 Å². The van der Waals surface area contributed by atoms with E-state index < -0.39 is 6.10 Å². The first-order chi connectivity index (χ1) is 15.7. The summed E-state index contributed by atoms with van der Waals surface area (Å²) in [5.41, 5.74) is 0.927. The number of rotatable bonds is 5. The molecule has 8 heteroatoms. The molecule has 1 fully saturated rings. The molecule has 0 unspecified atom stereocenters. The Bertz CT molecular complexity index is 1090. The highest BCUT2D eigenvalue weighted by Crippen LogP contribution is 2.37. The van der Waals surface area contributed by atoms with Crippen molar-refractivity contribution in [3.63, 3.8) is 0 Å². The van der Waals surface area contributed by atoms with Gasteiger partial charge in [0.2, 0.25) is 5.91 Å². The van der Waals surface area contributed by atoms with Crippen molar-refractivity contribution < 1.29 is 14.3 Å². The topological polar surface area (TPSA) is 69.5 Å². The zero-order chi connectivity index (χ0) is 21.9. The van der Waals surface area contributed by atoms with Crippen LogP contribution < -0.4 is 9.47 Å². The van der Waals surface area contributed by atoms with Gasteiger partial charge in [-0.25, -0.2) is 0 Å². The minimum absolute atomic E-state index is 0.150. The molecule has 2 aliphatic heterocycles. The highest BCUT2D eigenvalue weighted by Gasteiger charge is 2.30. The highest BCUT2D eigenvalue weighted by molar-refractivity contribution is 7.99. The number of piperidine rings is 1. The van der Waals surface area contributed by atoms with Crippen molar-refractivity contribution in [2.45, 2.75) is 43.5 Å². The Morgan fingerprint density at radius 2 is 1.84 bits per heavy atom. The molecule has 2 atom stereocenters. The number of carbonyl (C=O) groups excluding carboxylic acids is 1. The second kappa shape index (κ2) is 9.24. The molecule has 0 saturated carbocycles. The fourth-order valence-corrected chi connectivity index (χ4v) is 5.07. The number of aromatic nitrogens is 3. The number of hydrogen-bond donors (Lipinski definition) is 0. The van der Waals surface area contributed by atoms with Crippen LogP contribution in [0.4, 0.5) is 0 Å². The summed E-state index contributed by atoms with van der Waals surface area (Å²) >= 11 is 1.42. The SMILES string of the molecule is C[C@@H]1CCCCN1C(=O)CSc1nnc([C@@H]2COc3ccccc3O2)n1-c1ccccc1. The van der Waals surface area contributed by atoms with Gasteiger partial charge < -0.3 is 14.4 Å². The van der Waals surface area contributed by atoms with Crippen molar-refractivity contribution >= 4 is 17.7 Å². The Balaban J connectivity index is 1.40. The fraction of sp³-hybridized carbons (Fsp3) is 0.375. The summed E-state index contributed by atoms with van der Waals surface area (Å²) in [6.45, 7) is 3.31. The molecular formula is C24H26N4O3S. The van der Waals surface area contributed by atoms with E-state index in [0.29, 0.717) is 35.1 Å². The average molecular weight is 451 g/mol. The minimum Gasteiger partial charge on any atom is -0.485 e. The van der Waals surface area contributed by atoms with Gasteiger partial charge in [0.25, 0.3) is 0 Å². The average Bonchev–Trinajstić information content (AvgIpc) is 3.27. The van der Waals surface area contributed by atoms with Crippen molar-refractivity contribution in [1.29, 1.82) is 0 Å². The molecule has 3 heterocycles. The van der Waals surface area contributed by atoms with Crippen LogP contribution in [-0.4, -0.2) is 50.5 Å². The molecule has 1 saturated heterocycles. The number of ether oxygens (including phenoxy) is 2. The van der Waals surface area contributed by atoms with E-state index in [1.54, 1.807) is 0 Å². The molecule has 1 aromatic heterocycles. The van der Waals surface area contributed by atoms with E-state index in [-0.39, 0.29) is 5.91 Å². The van der Waals surface area contributed by atoms with Gasteiger partial charge in [-0.05, 0) is 50.5 Å². The second-order valence-corrected chi connectivity index (χ2v) is 9.04. The number of hydrogen-bond acceptors (Lipinski definition) is 6. The maximum atomic E-state index is 12.9. The Morgan fingerprint density at radius 1 is 1.06 bits per heavy atom. The zero-order valence-electron chi connectivity index (χ0n) is 18.0. The van der Waals surface area contributed by atoms with Crippen LogP contribution in [-0.2, 0) is 4.79 Å². The van der Waals surface area contributed by atoms with Gasteiger partial charge in [0.15, 0.2) is 28.6 Å². The molecule has 0 aliphatic carbocycles. The van der Waals surface area contributed by atoms with Crippen molar-refractivity contribution in [3.8, 4) is 17.2 Å². The first-order valence-electron chi connectivity index (χ1n) is 11.0. The monoisotopic (exact) mass is 450 g/mol. The predicted molar refractivity (Wildman–Crippen MR) is 122 cm³/mol. The maximum absolute atomic E-state index is 12.9. The standard InChI is InChI=1S/C24H26N4O3S/c1-17-9-7-8-14-27(17)22(29)16-32-24-26-25-23(28(24)18-10-3-2-4-11-18)21-15-30-19-12-5-6-13-20(19)31-21/h2-6,10-13,17,21H,7-9,14-16H2,1H3/t17-,21+/m1/s1. The molecule has 7 nitrogen and oxygen atoms in total. The van der Waals surface area contributed by atoms with Crippen LogP contribution in [0.3, 0.4) is 0 Å². The van der Waals surface area contributed by atoms with Crippen LogP contribution in [0.25, 0.3) is 5.69 Å². The Kier molecular flexibility index (Phi) is 6.03. The molecule has 2 aliphatic rings. The van der Waals surface area contributed by atoms with Crippen molar-refractivity contribution in [2.75, 3.05) is 18.9 Å². The molecule has 0 spiro atoms. The third kappa shape index (κ3) is 4.19. The third-order valence-electron chi connectivity index (χ3n) is 5.92. The van der Waals surface area contributed by atoms with E-state index in [1.807, 2.05) is 64.1 Å². The van der Waals surface area contributed by atoms with E-state index >= 15 is 0 Å². The Hall–Kier alpha value is -3.00. The first kappa shape index (κ1) is 20.9. The molecule has 0 bridgehead atoms. The number of thioether (sulfide) groups is 1. The van der Waals surface area contributed by atoms with Crippen molar-refractivity contribution in [3.05, 3.63) is 60.4 Å². The number of para-hydroxylation sites is 3. The maximum Gasteiger partial charge on any atom is 0.233 e. The third-order valence-corrected chi connectivity index (χ3v) is 6.83. The smallest absolute Gasteiger partial charge is 0.233 e. The number of benzene rings is 2. The second-order valence-electron chi connectivity index (χ2n) is 8.10. The van der Waals surface area contributed by atoms with Crippen molar-refractivity contribution in [1.82, 2.24) is 19.7 Å². The van der Waals surface area contributed by atoms with Gasteiger partial charge in [-0.15, -0.1) is 10.2 Å². The van der Waals surface area contributed by atoms with Gasteiger partial charge in [0.05, 0.1) is 5.75 Å². The minimum atomic E-state index is -0.398. The van der Waals surface area contributed by atoms with Gasteiger partial charge >= 0.3 is 0 Å². The normalized spacial score (nSPS) is 20.2. The van der Waals surface area contributed by atoms with E-state index in [1.165, 1.54) is 18.2 Å². The number of fused-ring (bicyclic) bond motifs is 1. The van der Waals surface area contributed by atoms with Crippen LogP contribution in [0.5, 0.6) is 11.5 Å². The molecule has 166 valence electrons. The molecule has 3 aromatic rings. The molecule has 0 N–H and O–H groups in total. The molecular weight excluding hydrogens is 424 g/mol. The van der Waals surface area contributed by atoms with E-state index in [2.05, 4.69) is 17.1 Å². The Morgan fingerprint density at radius 3 is 2.66 bits per heavy atom. The number of amides is 1. The lowest BCUT2D eigenvalue weighted by Gasteiger charge is -2.33. The molecule has 32 heavy (non-hydrogen) atoms. The molecule has 1 amide bonds. The first-order valence-corrected chi connectivity index (χ1v) is 12.0. The van der Waals surface area contributed by atoms with E-state index in [9.17, 15) is 4.79 Å². The van der Waals surface area contributed by atoms with Crippen LogP contribution in [0.15, 0.2) is 59.8 Å². The lowest BCUT2D eigenvalue weighted by Crippen LogP contribution is -2.43. The summed E-state index contributed by atoms with van der Waals surface area (Å²) in [7, 11) is 0. The number of carbonyl (C=O) groups is 1. The van der Waals surface area contributed by atoms with Gasteiger partial charge in [0.1, 0.15) is 6.61 Å². The van der Waals surface area contributed by atoms with Crippen molar-refractivity contribution in [2.24, 2.45) is 0 Å². The molecule has 2 aromatic carbocycles. The quantitative estimate of drug-likeness (QED) is 0.541. The predicted octanol–water partition coefficient (Wildman–Crippen LogP) is 4.27. The Labute approximate surface area is 191 Å². The zero-order valence-corrected chi connectivity index (χ0v) is 18.8. The lowest BCUT2D eigenvalue weighted by atomic mass is 10.0. The summed E-state index contributed by atoms with van der Waals surface area (Å²) < 4.78 is 14.1. The molecule has 0 radical (unpaired) electrons. The van der Waals surface area contributed by atoms with Crippen LogP contribution in [0.2, 0.25) is 0 Å². The highest BCUT2D eigenvalue weighted by atomic mass is 32.2. The summed E-state index contributed by atoms with van der Waals surface area (Å²) in [4.78, 5) is 14.9. The summed E-state index contributed by atoms with van der Waals surface area (Å²) in [5.74, 6) is 2.56. The molecule has 5 rings (SSSR count). The van der Waals surface area contributed by atoms with Crippen LogP contribution in [0.1, 0.15) is 38.1 Å². The summed E-state index contributed by atoms with van der Waals surface area (Å²) in [5, 5.41) is 9.56. The van der Waals surface area contributed by atoms with E-state index in [4.69, 9.17) is 9.47 Å². The number of nitrogens with zero attached hydrogens (tertiary/aromatic N) is 4. The lowest BCUT2D eigenvalue weighted by molar-refractivity contribution is -0.131. The largest absolute Gasteiger partial charge is 0.485 e. The van der Waals surface area contributed by atoms with Gasteiger partial charge in [-0.3, -0.25) is 9.36 Å². The van der Waals surface area contributed by atoms with Gasteiger partial charge in [-0.2, -0.15) is 0 Å². The van der Waals surface area contributed by atoms with Gasteiger partial charge in [0, 0.05) is 18.3 Å².